The number of hydrogen-bond acceptors (Lipinski definition) is 21. The fourth-order valence-electron chi connectivity index (χ4n) is 5.94. The summed E-state index contributed by atoms with van der Waals surface area (Å²) in [5.41, 5.74) is 4.40. The maximum absolute atomic E-state index is 11.4. The van der Waals surface area contributed by atoms with Gasteiger partial charge in [-0.15, -0.1) is 19.7 Å². The quantitative estimate of drug-likeness (QED) is 0.0126. The van der Waals surface area contributed by atoms with E-state index in [1.807, 2.05) is 0 Å². The van der Waals surface area contributed by atoms with Crippen molar-refractivity contribution in [1.82, 2.24) is 9.38 Å². The molecule has 6 aromatic rings. The predicted octanol–water partition coefficient (Wildman–Crippen LogP) is 9.48. The van der Waals surface area contributed by atoms with Gasteiger partial charge in [0.2, 0.25) is 5.88 Å². The van der Waals surface area contributed by atoms with Crippen LogP contribution in [0.5, 0.6) is 17.4 Å². The van der Waals surface area contributed by atoms with Gasteiger partial charge >= 0.3 is 0 Å². The number of nitriles is 1. The van der Waals surface area contributed by atoms with Crippen LogP contribution in [0.15, 0.2) is 108 Å². The Labute approximate surface area is 392 Å². The normalized spacial score (nSPS) is 12.3. The number of aryl methyl sites for hydroxylation is 2. The number of imidazole rings is 1. The molecule has 0 aliphatic rings. The monoisotopic (exact) mass is 1020 g/mol. The van der Waals surface area contributed by atoms with E-state index < -0.39 is 41.9 Å². The van der Waals surface area contributed by atoms with Crippen LogP contribution in [-0.4, -0.2) is 89.6 Å². The number of benzene rings is 4. The molecule has 2 aromatic heterocycles. The minimum atomic E-state index is -4.28. The topological polar surface area (TPSA) is 356 Å². The number of fused-ring (bicyclic) bond motifs is 3. The zero-order valence-corrected chi connectivity index (χ0v) is 39.4. The molecule has 0 bridgehead atoms. The van der Waals surface area contributed by atoms with Gasteiger partial charge in [-0.2, -0.15) is 45.9 Å². The lowest BCUT2D eigenvalue weighted by molar-refractivity contribution is -0.432. The maximum atomic E-state index is 11.4. The number of nitrogens with zero attached hydrogens (tertiary/aromatic N) is 9. The fraction of sp³-hybridized carbons (Fsp3) is 0.250. The van der Waals surface area contributed by atoms with Crippen molar-refractivity contribution in [3.8, 4) is 23.4 Å². The highest BCUT2D eigenvalue weighted by Crippen LogP contribution is 2.42. The molecule has 0 aliphatic carbocycles. The molecule has 0 saturated carbocycles. The van der Waals surface area contributed by atoms with E-state index in [4.69, 9.17) is 19.3 Å². The van der Waals surface area contributed by atoms with Gasteiger partial charge in [0.15, 0.2) is 11.3 Å². The van der Waals surface area contributed by atoms with Crippen molar-refractivity contribution in [2.75, 3.05) is 31.0 Å². The molecule has 0 spiro atoms. The van der Waals surface area contributed by atoms with Crippen LogP contribution in [0.4, 0.5) is 34.1 Å². The summed E-state index contributed by atoms with van der Waals surface area (Å²) in [6.45, 7) is 4.75. The number of ether oxygens (including phenoxy) is 2. The van der Waals surface area contributed by atoms with E-state index in [1.54, 1.807) is 81.4 Å². The number of aromatic hydroxyl groups is 1. The van der Waals surface area contributed by atoms with Gasteiger partial charge in [0.1, 0.15) is 34.5 Å². The van der Waals surface area contributed by atoms with Crippen molar-refractivity contribution in [2.45, 2.75) is 38.5 Å². The van der Waals surface area contributed by atoms with Gasteiger partial charge in [0.05, 0.1) is 71.1 Å². The molecule has 0 unspecified atom stereocenters. The zero-order valence-electron chi connectivity index (χ0n) is 36.1. The van der Waals surface area contributed by atoms with E-state index in [-0.39, 0.29) is 77.4 Å². The zero-order chi connectivity index (χ0) is 49.8. The second-order valence-corrected chi connectivity index (χ2v) is 19.7. The van der Waals surface area contributed by atoms with Crippen molar-refractivity contribution in [3.63, 3.8) is 0 Å². The third-order valence-electron chi connectivity index (χ3n) is 9.01. The van der Waals surface area contributed by atoms with Crippen LogP contribution in [-0.2, 0) is 39.7 Å². The molecule has 0 atom stereocenters. The lowest BCUT2D eigenvalue weighted by Crippen LogP contribution is -2.08. The molecule has 0 radical (unpaired) electrons. The van der Waals surface area contributed by atoms with Gasteiger partial charge in [0.25, 0.3) is 30.4 Å². The fourth-order valence-corrected chi connectivity index (χ4v) is 7.26. The Kier molecular flexibility index (Phi) is 17.7. The van der Waals surface area contributed by atoms with Crippen LogP contribution in [0.25, 0.3) is 16.7 Å². The van der Waals surface area contributed by atoms with Gasteiger partial charge < -0.3 is 14.6 Å². The molecular formula is C40H41N9O15S4. The molecule has 6 rings (SSSR count). The average Bonchev–Trinajstić information content (AvgIpc) is 3.65. The highest BCUT2D eigenvalue weighted by atomic mass is 32.2. The molecular weight excluding hydrogens is 975 g/mol. The van der Waals surface area contributed by atoms with Crippen LogP contribution in [0.1, 0.15) is 35.1 Å². The molecule has 68 heavy (non-hydrogen) atoms. The molecule has 0 fully saturated rings. The molecule has 24 nitrogen and oxygen atoms in total. The predicted molar refractivity (Wildman–Crippen MR) is 246 cm³/mol. The Morgan fingerprint density at radius 1 is 0.721 bits per heavy atom. The van der Waals surface area contributed by atoms with E-state index in [0.29, 0.717) is 50.2 Å². The van der Waals surface area contributed by atoms with E-state index in [2.05, 4.69) is 51.1 Å². The molecule has 28 heteroatoms. The summed E-state index contributed by atoms with van der Waals surface area (Å²) in [4.78, 5) is 5.13. The van der Waals surface area contributed by atoms with Gasteiger partial charge in [-0.25, -0.2) is 10.2 Å². The third-order valence-corrected chi connectivity index (χ3v) is 11.2. The van der Waals surface area contributed by atoms with E-state index in [0.717, 1.165) is 12.0 Å². The first-order valence-corrected chi connectivity index (χ1v) is 25.3. The Morgan fingerprint density at radius 2 is 1.22 bits per heavy atom. The van der Waals surface area contributed by atoms with Crippen LogP contribution >= 0.6 is 12.0 Å². The maximum Gasteiger partial charge on any atom is 0.264 e. The van der Waals surface area contributed by atoms with Crippen LogP contribution in [0, 0.1) is 32.1 Å². The first kappa shape index (κ1) is 52.4. The summed E-state index contributed by atoms with van der Waals surface area (Å²) in [7, 11) is -12.2. The average molecular weight is 1020 g/mol. The standard InChI is InChI=1S/C39H37N9O12S3.CH4O3S/c1-23-18-32(35(57-14-6-16-62(51,52)53)20-30(23)43-42-26-10-12-27(13-11-26)61-60-59-50)45-44-31-21-36(58-15-7-17-63(54,55)56)33(19-24(31)2)46-47-37-25(3)28(22-40)38-41-29-8-4-5-9-34(29)48(38)39(37)49;1-5(2,3)4/h4-5,8-13,18-21,49-50H,6-7,14-17H2,1-3H3,(H,51,52,53)(H,54,55,56);1H3,(H,2,3,4). The van der Waals surface area contributed by atoms with Crippen molar-refractivity contribution in [3.05, 3.63) is 95.1 Å². The molecule has 2 heterocycles. The minimum Gasteiger partial charge on any atom is -0.493 e. The highest BCUT2D eigenvalue weighted by molar-refractivity contribution is 7.94. The lowest BCUT2D eigenvalue weighted by Gasteiger charge is -2.12. The smallest absolute Gasteiger partial charge is 0.264 e. The molecule has 360 valence electrons. The van der Waals surface area contributed by atoms with Gasteiger partial charge in [-0.1, -0.05) is 17.2 Å². The van der Waals surface area contributed by atoms with Crippen LogP contribution in [0.2, 0.25) is 0 Å². The van der Waals surface area contributed by atoms with Crippen molar-refractivity contribution in [1.29, 1.82) is 5.26 Å². The Morgan fingerprint density at radius 3 is 1.74 bits per heavy atom. The van der Waals surface area contributed by atoms with Gasteiger partial charge in [0, 0.05) is 22.6 Å². The second-order valence-electron chi connectivity index (χ2n) is 14.3. The summed E-state index contributed by atoms with van der Waals surface area (Å²) in [5, 5.41) is 59.7. The molecule has 0 saturated heterocycles. The second kappa shape index (κ2) is 23.0. The van der Waals surface area contributed by atoms with Gasteiger partial charge in [-0.05, 0) is 93.3 Å². The Bertz CT molecular complexity index is 3280. The van der Waals surface area contributed by atoms with Crippen molar-refractivity contribution < 1.29 is 68.1 Å². The minimum absolute atomic E-state index is 0.0136. The Hall–Kier alpha value is -6.52. The van der Waals surface area contributed by atoms with Crippen LogP contribution < -0.4 is 9.47 Å². The number of para-hydroxylation sites is 2. The third kappa shape index (κ3) is 15.3. The molecule has 4 aromatic carbocycles. The number of hydrogen-bond donors (Lipinski definition) is 5. The first-order valence-electron chi connectivity index (χ1n) is 19.5. The molecule has 0 amide bonds. The Balaban J connectivity index is 0.00000164. The summed E-state index contributed by atoms with van der Waals surface area (Å²) >= 11 is 0.777. The summed E-state index contributed by atoms with van der Waals surface area (Å²) in [5.74, 6) is -1.20. The number of rotatable bonds is 19. The number of aromatic nitrogens is 2. The number of azo groups is 3. The van der Waals surface area contributed by atoms with E-state index >= 15 is 0 Å². The highest BCUT2D eigenvalue weighted by Gasteiger charge is 2.21. The first-order chi connectivity index (χ1) is 32.0. The number of pyridine rings is 1. The largest absolute Gasteiger partial charge is 0.493 e. The van der Waals surface area contributed by atoms with E-state index in [1.165, 1.54) is 16.5 Å². The SMILES string of the molecule is CS(=O)(=O)O.Cc1cc(N=Nc2cc(OCCCS(=O)(=O)O)c(N=Nc3c(C)c(C#N)c4nc5ccccc5n4c3O)cc2C)c(OCCCS(=O)(=O)O)cc1N=Nc1ccc(SOOO)cc1. The summed E-state index contributed by atoms with van der Waals surface area (Å²) in [6, 6.07) is 22.0. The summed E-state index contributed by atoms with van der Waals surface area (Å²) in [6.07, 6.45) is 0.578. The van der Waals surface area contributed by atoms with Crippen molar-refractivity contribution in [2.24, 2.45) is 30.7 Å². The van der Waals surface area contributed by atoms with Crippen LogP contribution in [0.3, 0.4) is 0 Å². The molecule has 5 N–H and O–H groups in total. The lowest BCUT2D eigenvalue weighted by atomic mass is 10.1. The van der Waals surface area contributed by atoms with Gasteiger partial charge in [-0.3, -0.25) is 18.1 Å². The molecule has 0 aliphatic heterocycles. The van der Waals surface area contributed by atoms with E-state index in [9.17, 15) is 44.7 Å². The summed E-state index contributed by atoms with van der Waals surface area (Å²) < 4.78 is 108. The van der Waals surface area contributed by atoms with Crippen molar-refractivity contribution >= 4 is 93.2 Å².